The van der Waals surface area contributed by atoms with E-state index < -0.39 is 11.3 Å². The number of hydrogen-bond acceptors (Lipinski definition) is 7. The lowest BCUT2D eigenvalue weighted by molar-refractivity contribution is -0.226. The molecule has 3 aromatic rings. The largest absolute Gasteiger partial charge is 0.469 e. The van der Waals surface area contributed by atoms with Gasteiger partial charge in [0, 0.05) is 44.3 Å². The summed E-state index contributed by atoms with van der Waals surface area (Å²) in [6, 6.07) is 14.0. The van der Waals surface area contributed by atoms with Crippen molar-refractivity contribution in [2.45, 2.75) is 57.9 Å². The van der Waals surface area contributed by atoms with Gasteiger partial charge in [-0.1, -0.05) is 18.2 Å². The van der Waals surface area contributed by atoms with Crippen molar-refractivity contribution in [3.63, 3.8) is 0 Å². The monoisotopic (exact) mass is 578 g/mol. The molecule has 1 aromatic carbocycles. The van der Waals surface area contributed by atoms with E-state index >= 15 is 8.78 Å². The van der Waals surface area contributed by atoms with E-state index in [2.05, 4.69) is 21.4 Å². The molecule has 2 fully saturated rings. The first-order chi connectivity index (χ1) is 20.1. The maximum Gasteiger partial charge on any atom is 0.306 e. The SMILES string of the molecule is COC(=O)C[C@H](CN1CCC2(CN(Cc3ccc4c(n3)NCCC4)C2)C(F)(F)C1)c1cccc(-n2nc(C)cc2C)c1. The van der Waals surface area contributed by atoms with E-state index in [4.69, 9.17) is 9.72 Å². The number of aryl methyl sites for hydroxylation is 3. The summed E-state index contributed by atoms with van der Waals surface area (Å²) in [5.74, 6) is -2.51. The van der Waals surface area contributed by atoms with Crippen molar-refractivity contribution < 1.29 is 18.3 Å². The first-order valence-corrected chi connectivity index (χ1v) is 14.9. The first-order valence-electron chi connectivity index (χ1n) is 14.9. The number of carbonyl (C=O) groups excluding carboxylic acids is 1. The molecule has 6 rings (SSSR count). The molecule has 2 saturated heterocycles. The Morgan fingerprint density at radius 3 is 2.69 bits per heavy atom. The maximum atomic E-state index is 15.8. The zero-order valence-electron chi connectivity index (χ0n) is 24.7. The Kier molecular flexibility index (Phi) is 7.78. The highest BCUT2D eigenvalue weighted by Crippen LogP contribution is 2.50. The average Bonchev–Trinajstić information content (AvgIpc) is 3.30. The summed E-state index contributed by atoms with van der Waals surface area (Å²) in [5.41, 5.74) is 4.86. The number of aromatic nitrogens is 3. The first kappa shape index (κ1) is 28.7. The lowest BCUT2D eigenvalue weighted by Crippen LogP contribution is -2.69. The fourth-order valence-corrected chi connectivity index (χ4v) is 6.92. The molecule has 0 radical (unpaired) electrons. The molecule has 2 aromatic heterocycles. The second-order valence-corrected chi connectivity index (χ2v) is 12.4. The average molecular weight is 579 g/mol. The molecule has 0 bridgehead atoms. The Balaban J connectivity index is 1.12. The topological polar surface area (TPSA) is 75.5 Å². The smallest absolute Gasteiger partial charge is 0.306 e. The predicted molar refractivity (Wildman–Crippen MR) is 157 cm³/mol. The Labute approximate surface area is 246 Å². The number of rotatable bonds is 8. The Bertz CT molecular complexity index is 1450. The van der Waals surface area contributed by atoms with Crippen LogP contribution in [0.4, 0.5) is 14.6 Å². The van der Waals surface area contributed by atoms with Crippen molar-refractivity contribution in [3.05, 3.63) is 70.7 Å². The zero-order valence-corrected chi connectivity index (χ0v) is 24.7. The number of methoxy groups -OCH3 is 1. The number of nitrogens with one attached hydrogen (secondary N) is 1. The fraction of sp³-hybridized carbons (Fsp3) is 0.531. The minimum absolute atomic E-state index is 0.126. The summed E-state index contributed by atoms with van der Waals surface area (Å²) in [6.07, 6.45) is 2.68. The van der Waals surface area contributed by atoms with Crippen LogP contribution < -0.4 is 5.32 Å². The maximum absolute atomic E-state index is 15.8. The Morgan fingerprint density at radius 1 is 1.12 bits per heavy atom. The van der Waals surface area contributed by atoms with E-state index in [0.29, 0.717) is 39.1 Å². The molecule has 0 amide bonds. The number of carbonyl (C=O) groups is 1. The summed E-state index contributed by atoms with van der Waals surface area (Å²) >= 11 is 0. The number of halogens is 2. The number of esters is 1. The van der Waals surface area contributed by atoms with Crippen molar-refractivity contribution in [1.29, 1.82) is 0 Å². The molecule has 3 aliphatic rings. The van der Waals surface area contributed by atoms with Gasteiger partial charge in [-0.3, -0.25) is 14.6 Å². The number of benzene rings is 1. The van der Waals surface area contributed by atoms with E-state index in [1.54, 1.807) is 0 Å². The lowest BCUT2D eigenvalue weighted by Gasteiger charge is -2.57. The van der Waals surface area contributed by atoms with Gasteiger partial charge in [0.2, 0.25) is 0 Å². The van der Waals surface area contributed by atoms with Crippen molar-refractivity contribution in [2.75, 3.05) is 51.7 Å². The van der Waals surface area contributed by atoms with Crippen LogP contribution in [0.2, 0.25) is 0 Å². The molecule has 0 saturated carbocycles. The second-order valence-electron chi connectivity index (χ2n) is 12.4. The molecule has 8 nitrogen and oxygen atoms in total. The minimum atomic E-state index is -2.83. The van der Waals surface area contributed by atoms with Crippen LogP contribution in [0.1, 0.15) is 53.4 Å². The van der Waals surface area contributed by atoms with E-state index in [9.17, 15) is 4.79 Å². The van der Waals surface area contributed by atoms with Crippen LogP contribution in [0.3, 0.4) is 0 Å². The third kappa shape index (κ3) is 5.66. The van der Waals surface area contributed by atoms with E-state index in [-0.39, 0.29) is 24.9 Å². The number of pyridine rings is 1. The van der Waals surface area contributed by atoms with Gasteiger partial charge in [0.15, 0.2) is 0 Å². The molecule has 0 aliphatic carbocycles. The standard InChI is InChI=1S/C32H40F2N6O2/c1-22-14-23(2)40(37-22)28-8-4-6-25(15-28)26(16-29(41)42-3)17-38-13-11-31(32(33,34)21-38)19-39(20-31)18-27-10-9-24-7-5-12-35-30(24)36-27/h4,6,8-10,14-15,26H,5,7,11-13,16-21H2,1-3H3,(H,35,36)/t26-/m1/s1. The predicted octanol–water partition coefficient (Wildman–Crippen LogP) is 4.73. The van der Waals surface area contributed by atoms with Gasteiger partial charge < -0.3 is 10.1 Å². The second kappa shape index (κ2) is 11.4. The van der Waals surface area contributed by atoms with Crippen molar-refractivity contribution in [1.82, 2.24) is 24.6 Å². The van der Waals surface area contributed by atoms with Gasteiger partial charge >= 0.3 is 5.97 Å². The minimum Gasteiger partial charge on any atom is -0.469 e. The van der Waals surface area contributed by atoms with E-state index in [1.165, 1.54) is 12.7 Å². The van der Waals surface area contributed by atoms with Crippen LogP contribution in [0.15, 0.2) is 42.5 Å². The summed E-state index contributed by atoms with van der Waals surface area (Å²) < 4.78 is 38.5. The lowest BCUT2D eigenvalue weighted by atomic mass is 9.69. The highest BCUT2D eigenvalue weighted by atomic mass is 19.3. The van der Waals surface area contributed by atoms with Crippen LogP contribution in [0.25, 0.3) is 5.69 Å². The van der Waals surface area contributed by atoms with E-state index in [1.807, 2.05) is 59.8 Å². The molecule has 42 heavy (non-hydrogen) atoms. The third-order valence-electron chi connectivity index (χ3n) is 9.21. The van der Waals surface area contributed by atoms with Crippen molar-refractivity contribution >= 4 is 11.8 Å². The number of hydrogen-bond donors (Lipinski definition) is 1. The highest BCUT2D eigenvalue weighted by Gasteiger charge is 2.62. The number of fused-ring (bicyclic) bond motifs is 1. The Hall–Kier alpha value is -3.37. The quantitative estimate of drug-likeness (QED) is 0.388. The number of piperidine rings is 1. The number of ether oxygens (including phenoxy) is 1. The molecular weight excluding hydrogens is 538 g/mol. The normalized spacial score (nSPS) is 20.4. The van der Waals surface area contributed by atoms with Gasteiger partial charge in [-0.2, -0.15) is 5.10 Å². The molecule has 10 heteroatoms. The molecule has 224 valence electrons. The molecular formula is C32H40F2N6O2. The van der Waals surface area contributed by atoms with Gasteiger partial charge in [0.25, 0.3) is 5.92 Å². The number of alkyl halides is 2. The van der Waals surface area contributed by atoms with Crippen LogP contribution in [0.5, 0.6) is 0 Å². The third-order valence-corrected chi connectivity index (χ3v) is 9.21. The summed E-state index contributed by atoms with van der Waals surface area (Å²) in [4.78, 5) is 21.0. The van der Waals surface area contributed by atoms with Gasteiger partial charge in [0.05, 0.1) is 42.6 Å². The van der Waals surface area contributed by atoms with Gasteiger partial charge in [-0.25, -0.2) is 18.4 Å². The van der Waals surface area contributed by atoms with Gasteiger partial charge in [-0.15, -0.1) is 0 Å². The van der Waals surface area contributed by atoms with Crippen molar-refractivity contribution in [3.8, 4) is 5.69 Å². The fourth-order valence-electron chi connectivity index (χ4n) is 6.92. The number of likely N-dealkylation sites (tertiary alicyclic amines) is 2. The number of anilines is 1. The molecule has 1 N–H and O–H groups in total. The van der Waals surface area contributed by atoms with Crippen LogP contribution in [0, 0.1) is 19.3 Å². The molecule has 1 spiro atoms. The van der Waals surface area contributed by atoms with Crippen molar-refractivity contribution in [2.24, 2.45) is 5.41 Å². The van der Waals surface area contributed by atoms with Crippen LogP contribution in [-0.4, -0.2) is 82.8 Å². The summed E-state index contributed by atoms with van der Waals surface area (Å²) in [7, 11) is 1.36. The molecule has 0 unspecified atom stereocenters. The molecule has 1 atom stereocenters. The van der Waals surface area contributed by atoms with Crippen LogP contribution >= 0.6 is 0 Å². The Morgan fingerprint density at radius 2 is 1.95 bits per heavy atom. The van der Waals surface area contributed by atoms with Gasteiger partial charge in [-0.05, 0) is 75.0 Å². The van der Waals surface area contributed by atoms with E-state index in [0.717, 1.165) is 53.5 Å². The molecule has 5 heterocycles. The number of nitrogens with zero attached hydrogens (tertiary/aromatic N) is 5. The summed E-state index contributed by atoms with van der Waals surface area (Å²) in [6.45, 7) is 6.81. The molecule has 3 aliphatic heterocycles. The zero-order chi connectivity index (χ0) is 29.5. The highest BCUT2D eigenvalue weighted by molar-refractivity contribution is 5.70. The summed E-state index contributed by atoms with van der Waals surface area (Å²) in [5, 5.41) is 7.94. The van der Waals surface area contributed by atoms with Crippen LogP contribution in [-0.2, 0) is 22.5 Å². The van der Waals surface area contributed by atoms with Gasteiger partial charge in [0.1, 0.15) is 5.82 Å².